The maximum absolute atomic E-state index is 12.5. The smallest absolute Gasteiger partial charge is 0.871 e. The van der Waals surface area contributed by atoms with E-state index in [1.54, 1.807) is 62.4 Å². The van der Waals surface area contributed by atoms with Gasteiger partial charge in [0, 0.05) is 11.8 Å². The summed E-state index contributed by atoms with van der Waals surface area (Å²) in [6.45, 7) is 7.87. The summed E-state index contributed by atoms with van der Waals surface area (Å²) in [7, 11) is -6.96. The second kappa shape index (κ2) is 24.0. The first kappa shape index (κ1) is 51.4. The SMILES string of the molecule is CCS(=O)(=O)c1ccc(N=Nc2c(C)nn(-c3ccccc3)c2[O-])c([O-])c1.CCS(=O)(=O)c1ccc(N=Nc2c(C)nn(-c3ccccc3)c2[O-])c([O-])c1.NCCCCCCN.[Cr+3].[H+]. The molecule has 0 amide bonds. The molecule has 0 aliphatic rings. The van der Waals surface area contributed by atoms with Crippen LogP contribution in [0.3, 0.4) is 0 Å². The number of hydrogen-bond donors (Lipinski definition) is 2. The number of hydrogen-bond acceptors (Lipinski definition) is 16. The van der Waals surface area contributed by atoms with E-state index < -0.39 is 42.9 Å². The molecule has 18 nitrogen and oxygen atoms in total. The Kier molecular flexibility index (Phi) is 19.6. The number of aromatic nitrogens is 4. The molecular formula is C42H49CrN10O8S2. The summed E-state index contributed by atoms with van der Waals surface area (Å²) in [6, 6.07) is 24.9. The predicted molar refractivity (Wildman–Crippen MR) is 229 cm³/mol. The minimum absolute atomic E-state index is 0. The Hall–Kier alpha value is -5.95. The van der Waals surface area contributed by atoms with E-state index in [9.17, 15) is 37.3 Å². The average molecular weight is 938 g/mol. The maximum atomic E-state index is 12.5. The van der Waals surface area contributed by atoms with Crippen molar-refractivity contribution in [2.75, 3.05) is 24.6 Å². The van der Waals surface area contributed by atoms with Gasteiger partial charge in [-0.05, 0) is 100 Å². The van der Waals surface area contributed by atoms with Crippen molar-refractivity contribution in [3.8, 4) is 34.6 Å². The summed E-state index contributed by atoms with van der Waals surface area (Å²) >= 11 is 0. The first-order valence-corrected chi connectivity index (χ1v) is 22.8. The zero-order valence-corrected chi connectivity index (χ0v) is 38.0. The fraction of sp³-hybridized carbons (Fsp3) is 0.286. The van der Waals surface area contributed by atoms with Crippen LogP contribution in [0.15, 0.2) is 127 Å². The molecule has 0 unspecified atom stereocenters. The van der Waals surface area contributed by atoms with E-state index in [4.69, 9.17) is 11.5 Å². The number of para-hydroxylation sites is 2. The zero-order chi connectivity index (χ0) is 45.5. The summed E-state index contributed by atoms with van der Waals surface area (Å²) in [5, 5.41) is 72.9. The quantitative estimate of drug-likeness (QED) is 0.0933. The molecule has 4 aromatic carbocycles. The molecular weight excluding hydrogens is 889 g/mol. The fourth-order valence-corrected chi connectivity index (χ4v) is 7.23. The van der Waals surface area contributed by atoms with Crippen molar-refractivity contribution in [2.24, 2.45) is 31.9 Å². The van der Waals surface area contributed by atoms with Crippen LogP contribution in [0.25, 0.3) is 11.4 Å². The van der Waals surface area contributed by atoms with Crippen molar-refractivity contribution in [1.82, 2.24) is 19.6 Å². The van der Waals surface area contributed by atoms with Crippen LogP contribution in [0.4, 0.5) is 22.7 Å². The second-order valence-electron chi connectivity index (χ2n) is 13.4. The average Bonchev–Trinajstić information content (AvgIpc) is 3.73. The van der Waals surface area contributed by atoms with Gasteiger partial charge in [0.2, 0.25) is 0 Å². The topological polar surface area (TPSA) is 298 Å². The van der Waals surface area contributed by atoms with Gasteiger partial charge in [-0.1, -0.05) is 74.6 Å². The van der Waals surface area contributed by atoms with Crippen LogP contribution >= 0.6 is 0 Å². The summed E-state index contributed by atoms with van der Waals surface area (Å²) in [6.07, 6.45) is 4.79. The van der Waals surface area contributed by atoms with Gasteiger partial charge in [-0.15, -0.1) is 10.2 Å². The van der Waals surface area contributed by atoms with Gasteiger partial charge in [0.1, 0.15) is 11.4 Å². The van der Waals surface area contributed by atoms with Gasteiger partial charge in [-0.2, -0.15) is 20.4 Å². The Morgan fingerprint density at radius 3 is 1.21 bits per heavy atom. The molecule has 0 saturated carbocycles. The Morgan fingerprint density at radius 2 is 0.905 bits per heavy atom. The van der Waals surface area contributed by atoms with Crippen molar-refractivity contribution in [3.05, 3.63) is 108 Å². The Morgan fingerprint density at radius 1 is 0.556 bits per heavy atom. The normalized spacial score (nSPS) is 11.5. The predicted octanol–water partition coefficient (Wildman–Crippen LogP) is 5.65. The van der Waals surface area contributed by atoms with Gasteiger partial charge in [0.25, 0.3) is 0 Å². The fourth-order valence-electron chi connectivity index (χ4n) is 5.44. The monoisotopic (exact) mass is 937 g/mol. The minimum Gasteiger partial charge on any atom is -0.871 e. The van der Waals surface area contributed by atoms with Crippen molar-refractivity contribution in [1.29, 1.82) is 0 Å². The van der Waals surface area contributed by atoms with Crippen LogP contribution in [0.5, 0.6) is 23.3 Å². The molecule has 333 valence electrons. The molecule has 0 aliphatic carbocycles. The number of nitrogens with zero attached hydrogens (tertiary/aromatic N) is 8. The van der Waals surface area contributed by atoms with E-state index in [0.29, 0.717) is 22.8 Å². The standard InChI is InChI=1S/2C18H18N4O4S.C6H16N2.Cr/c2*1-3-27(25,26)14-9-10-15(16(23)11-14)19-20-17-12(2)21-22(18(17)24)13-7-5-4-6-8-13;7-5-3-1-2-4-6-8;/h2*4-11,23-24H,3H2,1-2H3;1-8H2;/q;;;+3/p-3. The number of rotatable bonds is 15. The molecule has 0 spiro atoms. The molecule has 1 radical (unpaired) electrons. The first-order valence-electron chi connectivity index (χ1n) is 19.5. The number of unbranched alkanes of at least 4 members (excludes halogenated alkanes) is 3. The molecule has 21 heteroatoms. The van der Waals surface area contributed by atoms with Crippen molar-refractivity contribution >= 4 is 42.4 Å². The van der Waals surface area contributed by atoms with Crippen LogP contribution in [0, 0.1) is 13.8 Å². The molecule has 0 saturated heterocycles. The van der Waals surface area contributed by atoms with E-state index >= 15 is 0 Å². The van der Waals surface area contributed by atoms with E-state index in [0.717, 1.165) is 38.1 Å². The Bertz CT molecular complexity index is 2520. The van der Waals surface area contributed by atoms with Gasteiger partial charge in [-0.3, -0.25) is 0 Å². The summed E-state index contributed by atoms with van der Waals surface area (Å²) in [4.78, 5) is -0.127. The van der Waals surface area contributed by atoms with Gasteiger partial charge in [0.15, 0.2) is 19.7 Å². The van der Waals surface area contributed by atoms with Crippen LogP contribution in [-0.4, -0.2) is 61.0 Å². The molecule has 0 aliphatic heterocycles. The largest absolute Gasteiger partial charge is 3.00 e. The van der Waals surface area contributed by atoms with E-state index in [2.05, 4.69) is 30.7 Å². The molecule has 2 aromatic heterocycles. The van der Waals surface area contributed by atoms with Crippen LogP contribution in [0.2, 0.25) is 0 Å². The Balaban J connectivity index is 0.000000367. The number of azo groups is 2. The minimum atomic E-state index is -3.48. The van der Waals surface area contributed by atoms with E-state index in [-0.39, 0.29) is 62.8 Å². The third-order valence-corrected chi connectivity index (χ3v) is 12.5. The van der Waals surface area contributed by atoms with Gasteiger partial charge in [0.05, 0.1) is 55.4 Å². The summed E-state index contributed by atoms with van der Waals surface area (Å²) in [5.74, 6) is -2.31. The van der Waals surface area contributed by atoms with Crippen LogP contribution in [-0.2, 0) is 37.0 Å². The van der Waals surface area contributed by atoms with Crippen molar-refractivity contribution < 1.29 is 56.0 Å². The van der Waals surface area contributed by atoms with Crippen molar-refractivity contribution in [3.63, 3.8) is 0 Å². The number of benzene rings is 4. The van der Waals surface area contributed by atoms with Gasteiger partial charge < -0.3 is 31.9 Å². The molecule has 6 rings (SSSR count). The number of nitrogens with two attached hydrogens (primary N) is 2. The van der Waals surface area contributed by atoms with Crippen LogP contribution in [0.1, 0.15) is 52.3 Å². The Labute approximate surface area is 379 Å². The van der Waals surface area contributed by atoms with Crippen LogP contribution < -0.4 is 31.9 Å². The zero-order valence-electron chi connectivity index (χ0n) is 36.1. The first-order chi connectivity index (χ1) is 29.6. The van der Waals surface area contributed by atoms with E-state index in [1.807, 2.05) is 12.1 Å². The molecule has 4 N–H and O–H groups in total. The van der Waals surface area contributed by atoms with E-state index in [1.165, 1.54) is 60.3 Å². The third kappa shape index (κ3) is 13.8. The molecule has 6 aromatic rings. The number of aryl methyl sites for hydroxylation is 2. The summed E-state index contributed by atoms with van der Waals surface area (Å²) in [5.41, 5.74) is 12.4. The molecule has 0 atom stereocenters. The molecule has 63 heavy (non-hydrogen) atoms. The number of sulfone groups is 2. The molecule has 0 bridgehead atoms. The van der Waals surface area contributed by atoms with Gasteiger partial charge >= 0.3 is 18.8 Å². The van der Waals surface area contributed by atoms with Crippen molar-refractivity contribution in [2.45, 2.75) is 63.2 Å². The molecule has 2 heterocycles. The maximum Gasteiger partial charge on any atom is 3.00 e. The summed E-state index contributed by atoms with van der Waals surface area (Å²) < 4.78 is 49.7. The second-order valence-corrected chi connectivity index (χ2v) is 18.0. The molecule has 0 fully saturated rings. The third-order valence-electron chi connectivity index (χ3n) is 8.99. The van der Waals surface area contributed by atoms with Gasteiger partial charge in [-0.25, -0.2) is 26.2 Å².